The maximum atomic E-state index is 11.4. The van der Waals surface area contributed by atoms with Crippen LogP contribution in [0.4, 0.5) is 0 Å². The van der Waals surface area contributed by atoms with E-state index in [-0.39, 0.29) is 5.92 Å². The Morgan fingerprint density at radius 3 is 2.62 bits per heavy atom. The summed E-state index contributed by atoms with van der Waals surface area (Å²) in [6, 6.07) is 20.3. The topological polar surface area (TPSA) is 65.0 Å². The van der Waals surface area contributed by atoms with Crippen molar-refractivity contribution < 1.29 is 24.1 Å². The van der Waals surface area contributed by atoms with Crippen LogP contribution in [0.15, 0.2) is 60.7 Å². The second kappa shape index (κ2) is 9.41. The first kappa shape index (κ1) is 22.3. The molecule has 0 aromatic heterocycles. The lowest BCUT2D eigenvalue weighted by Gasteiger charge is -2.14. The molecule has 1 aliphatic heterocycles. The quantitative estimate of drug-likeness (QED) is 0.412. The highest BCUT2D eigenvalue weighted by Crippen LogP contribution is 2.40. The maximum absolute atomic E-state index is 11.4. The Morgan fingerprint density at radius 1 is 1.06 bits per heavy atom. The predicted molar refractivity (Wildman–Crippen MR) is 131 cm³/mol. The predicted octanol–water partition coefficient (Wildman–Crippen LogP) is 6.23. The Bertz CT molecular complexity index is 1200. The van der Waals surface area contributed by atoms with Crippen LogP contribution in [0.25, 0.3) is 11.1 Å². The fraction of sp³-hybridized carbons (Fsp3) is 0.345. The number of carboxylic acids is 1. The highest BCUT2D eigenvalue weighted by Gasteiger charge is 2.33. The number of aliphatic carboxylic acids is 1. The van der Waals surface area contributed by atoms with Crippen molar-refractivity contribution >= 4 is 5.97 Å². The first-order valence-corrected chi connectivity index (χ1v) is 11.9. The SMILES string of the molecule is Cc1cc(OCC2CC2)ccc1-c1cccc(COc2ccc3c(c2)OCC3C(C)C(=O)O)c1. The van der Waals surface area contributed by atoms with Crippen LogP contribution in [-0.4, -0.2) is 24.3 Å². The zero-order chi connectivity index (χ0) is 23.7. The Balaban J connectivity index is 1.25. The van der Waals surface area contributed by atoms with Gasteiger partial charge in [0.15, 0.2) is 0 Å². The van der Waals surface area contributed by atoms with Gasteiger partial charge in [-0.3, -0.25) is 4.79 Å². The van der Waals surface area contributed by atoms with E-state index >= 15 is 0 Å². The Morgan fingerprint density at radius 2 is 1.85 bits per heavy atom. The van der Waals surface area contributed by atoms with Gasteiger partial charge in [0.2, 0.25) is 0 Å². The average molecular weight is 459 g/mol. The monoisotopic (exact) mass is 458 g/mol. The molecule has 2 aliphatic rings. The van der Waals surface area contributed by atoms with Crippen molar-refractivity contribution in [3.05, 3.63) is 77.4 Å². The van der Waals surface area contributed by atoms with Crippen LogP contribution in [0.3, 0.4) is 0 Å². The molecule has 1 fully saturated rings. The van der Waals surface area contributed by atoms with Crippen molar-refractivity contribution in [2.24, 2.45) is 11.8 Å². The molecule has 2 unspecified atom stereocenters. The number of rotatable bonds is 9. The molecule has 0 saturated heterocycles. The van der Waals surface area contributed by atoms with Gasteiger partial charge in [0, 0.05) is 17.5 Å². The normalized spacial score (nSPS) is 17.5. The van der Waals surface area contributed by atoms with E-state index in [1.807, 2.05) is 18.2 Å². The Kier molecular flexibility index (Phi) is 6.18. The number of fused-ring (bicyclic) bond motifs is 1. The third-order valence-corrected chi connectivity index (χ3v) is 6.82. The van der Waals surface area contributed by atoms with Gasteiger partial charge in [-0.25, -0.2) is 0 Å². The minimum atomic E-state index is -0.808. The van der Waals surface area contributed by atoms with Gasteiger partial charge < -0.3 is 19.3 Å². The van der Waals surface area contributed by atoms with Crippen molar-refractivity contribution in [3.8, 4) is 28.4 Å². The summed E-state index contributed by atoms with van der Waals surface area (Å²) in [7, 11) is 0. The molecule has 1 N–H and O–H groups in total. The molecule has 1 saturated carbocycles. The Hall–Kier alpha value is -3.47. The van der Waals surface area contributed by atoms with Gasteiger partial charge in [-0.2, -0.15) is 0 Å². The zero-order valence-electron chi connectivity index (χ0n) is 19.6. The van der Waals surface area contributed by atoms with E-state index in [0.717, 1.165) is 35.0 Å². The number of carboxylic acid groups (broad SMARTS) is 1. The van der Waals surface area contributed by atoms with E-state index in [9.17, 15) is 9.90 Å². The van der Waals surface area contributed by atoms with E-state index in [1.165, 1.54) is 24.0 Å². The lowest BCUT2D eigenvalue weighted by atomic mass is 9.89. The smallest absolute Gasteiger partial charge is 0.306 e. The maximum Gasteiger partial charge on any atom is 0.306 e. The third kappa shape index (κ3) is 4.89. The lowest BCUT2D eigenvalue weighted by molar-refractivity contribution is -0.142. The molecule has 0 bridgehead atoms. The molecule has 2 atom stereocenters. The van der Waals surface area contributed by atoms with E-state index in [4.69, 9.17) is 14.2 Å². The summed E-state index contributed by atoms with van der Waals surface area (Å²) in [5, 5.41) is 9.33. The van der Waals surface area contributed by atoms with Crippen molar-refractivity contribution in [2.75, 3.05) is 13.2 Å². The van der Waals surface area contributed by atoms with Crippen LogP contribution in [0.5, 0.6) is 17.2 Å². The summed E-state index contributed by atoms with van der Waals surface area (Å²) in [4.78, 5) is 11.4. The fourth-order valence-corrected chi connectivity index (χ4v) is 4.43. The number of hydrogen-bond acceptors (Lipinski definition) is 4. The van der Waals surface area contributed by atoms with E-state index in [2.05, 4.69) is 49.4 Å². The largest absolute Gasteiger partial charge is 0.493 e. The summed E-state index contributed by atoms with van der Waals surface area (Å²) >= 11 is 0. The van der Waals surface area contributed by atoms with Crippen LogP contribution in [-0.2, 0) is 11.4 Å². The van der Waals surface area contributed by atoms with Gasteiger partial charge in [-0.15, -0.1) is 0 Å². The zero-order valence-corrected chi connectivity index (χ0v) is 19.6. The van der Waals surface area contributed by atoms with Crippen molar-refractivity contribution in [3.63, 3.8) is 0 Å². The van der Waals surface area contributed by atoms with Crippen LogP contribution in [0.2, 0.25) is 0 Å². The summed E-state index contributed by atoms with van der Waals surface area (Å²) in [5.74, 6) is 1.67. The van der Waals surface area contributed by atoms with Crippen LogP contribution < -0.4 is 14.2 Å². The molecule has 3 aromatic rings. The van der Waals surface area contributed by atoms with Crippen LogP contribution in [0, 0.1) is 18.8 Å². The van der Waals surface area contributed by atoms with Crippen molar-refractivity contribution in [1.29, 1.82) is 0 Å². The number of aryl methyl sites for hydroxylation is 1. The molecule has 0 amide bonds. The third-order valence-electron chi connectivity index (χ3n) is 6.82. The van der Waals surface area contributed by atoms with Gasteiger partial charge in [0.25, 0.3) is 0 Å². The van der Waals surface area contributed by atoms with Gasteiger partial charge in [-0.1, -0.05) is 37.3 Å². The second-order valence-electron chi connectivity index (χ2n) is 9.46. The number of carbonyl (C=O) groups is 1. The van der Waals surface area contributed by atoms with E-state index < -0.39 is 11.9 Å². The molecular weight excluding hydrogens is 428 g/mol. The second-order valence-corrected chi connectivity index (χ2v) is 9.46. The lowest BCUT2D eigenvalue weighted by Crippen LogP contribution is -2.19. The van der Waals surface area contributed by atoms with Crippen molar-refractivity contribution in [2.45, 2.75) is 39.2 Å². The molecule has 1 aliphatic carbocycles. The number of ether oxygens (including phenoxy) is 3. The molecule has 5 rings (SSSR count). The van der Waals surface area contributed by atoms with Gasteiger partial charge in [0.1, 0.15) is 23.9 Å². The summed E-state index contributed by atoms with van der Waals surface area (Å²) < 4.78 is 17.7. The molecule has 3 aromatic carbocycles. The highest BCUT2D eigenvalue weighted by atomic mass is 16.5. The number of benzene rings is 3. The Labute approximate surface area is 200 Å². The fourth-order valence-electron chi connectivity index (χ4n) is 4.43. The number of hydrogen-bond donors (Lipinski definition) is 1. The molecule has 34 heavy (non-hydrogen) atoms. The van der Waals surface area contributed by atoms with Gasteiger partial charge in [-0.05, 0) is 72.2 Å². The summed E-state index contributed by atoms with van der Waals surface area (Å²) in [6.45, 7) is 5.48. The van der Waals surface area contributed by atoms with E-state index in [1.54, 1.807) is 6.92 Å². The van der Waals surface area contributed by atoms with Crippen LogP contribution >= 0.6 is 0 Å². The van der Waals surface area contributed by atoms with E-state index in [0.29, 0.717) is 24.7 Å². The van der Waals surface area contributed by atoms with Crippen LogP contribution in [0.1, 0.15) is 42.4 Å². The minimum Gasteiger partial charge on any atom is -0.493 e. The summed E-state index contributed by atoms with van der Waals surface area (Å²) in [5.41, 5.74) is 5.53. The van der Waals surface area contributed by atoms with Gasteiger partial charge in [0.05, 0.1) is 19.1 Å². The summed E-state index contributed by atoms with van der Waals surface area (Å²) in [6.07, 6.45) is 2.57. The van der Waals surface area contributed by atoms with Crippen molar-refractivity contribution in [1.82, 2.24) is 0 Å². The van der Waals surface area contributed by atoms with Gasteiger partial charge >= 0.3 is 5.97 Å². The minimum absolute atomic E-state index is 0.132. The first-order valence-electron chi connectivity index (χ1n) is 11.9. The molecule has 0 spiro atoms. The molecule has 1 heterocycles. The average Bonchev–Trinajstić information content (AvgIpc) is 3.58. The molecular formula is C29H30O5. The molecule has 0 radical (unpaired) electrons. The highest BCUT2D eigenvalue weighted by molar-refractivity contribution is 5.72. The molecule has 176 valence electrons. The molecule has 5 heteroatoms. The molecule has 5 nitrogen and oxygen atoms in total. The standard InChI is InChI=1S/C29H30O5/c1-18-12-23(32-15-20-6-7-20)8-10-25(18)22-5-3-4-21(13-22)16-33-24-9-11-26-27(19(2)29(30)31)17-34-28(26)14-24/h3-5,8-14,19-20,27H,6-7,15-17H2,1-2H3,(H,30,31). The first-order chi connectivity index (χ1) is 16.5.